The van der Waals surface area contributed by atoms with Gasteiger partial charge in [0.1, 0.15) is 6.61 Å². The van der Waals surface area contributed by atoms with Crippen LogP contribution < -0.4 is 14.8 Å². The smallest absolute Gasteiger partial charge is 0.307 e. The van der Waals surface area contributed by atoms with Crippen LogP contribution in [0.5, 0.6) is 11.5 Å². The highest BCUT2D eigenvalue weighted by molar-refractivity contribution is 5.92. The van der Waals surface area contributed by atoms with Gasteiger partial charge in [-0.3, -0.25) is 9.59 Å². The normalized spacial score (nSPS) is 10.4. The minimum Gasteiger partial charge on any atom is -0.493 e. The van der Waals surface area contributed by atoms with Crippen molar-refractivity contribution in [3.05, 3.63) is 65.7 Å². The van der Waals surface area contributed by atoms with Crippen LogP contribution >= 0.6 is 0 Å². The van der Waals surface area contributed by atoms with Crippen molar-refractivity contribution in [3.63, 3.8) is 0 Å². The van der Waals surface area contributed by atoms with Gasteiger partial charge in [-0.25, -0.2) is 0 Å². The molecule has 0 atom stereocenters. The monoisotopic (exact) mass is 369 g/mol. The molecule has 0 spiro atoms. The lowest BCUT2D eigenvalue weighted by Gasteiger charge is -2.11. The Hall–Kier alpha value is -3.28. The van der Waals surface area contributed by atoms with Crippen LogP contribution in [-0.2, 0) is 20.9 Å². The second-order valence-electron chi connectivity index (χ2n) is 5.64. The summed E-state index contributed by atoms with van der Waals surface area (Å²) in [5.41, 5.74) is 1.86. The van der Waals surface area contributed by atoms with E-state index in [2.05, 4.69) is 10.1 Å². The zero-order valence-corrected chi connectivity index (χ0v) is 15.4. The summed E-state index contributed by atoms with van der Waals surface area (Å²) in [4.78, 5) is 22.8. The number of nitrogens with one attached hydrogen (secondary N) is 1. The molecule has 0 fully saturated rings. The molecule has 6 nitrogen and oxygen atoms in total. The summed E-state index contributed by atoms with van der Waals surface area (Å²) in [5, 5.41) is 2.61. The van der Waals surface area contributed by atoms with Gasteiger partial charge in [-0.1, -0.05) is 36.4 Å². The number of hydrogen-bond donors (Lipinski definition) is 1. The molecular formula is C21H23NO5. The molecule has 0 aromatic heterocycles. The average molecular weight is 369 g/mol. The SMILES string of the molecule is COC(=O)CCNC(=O)/C=C/c1ccc(OCc2ccccc2)c(OC)c1. The van der Waals surface area contributed by atoms with E-state index in [1.165, 1.54) is 13.2 Å². The lowest BCUT2D eigenvalue weighted by atomic mass is 10.2. The summed E-state index contributed by atoms with van der Waals surface area (Å²) in [6, 6.07) is 15.3. The quantitative estimate of drug-likeness (QED) is 0.543. The van der Waals surface area contributed by atoms with Crippen LogP contribution in [0.25, 0.3) is 6.08 Å². The van der Waals surface area contributed by atoms with E-state index in [0.717, 1.165) is 11.1 Å². The molecule has 1 N–H and O–H groups in total. The third kappa shape index (κ3) is 6.86. The Morgan fingerprint density at radius 1 is 1.04 bits per heavy atom. The van der Waals surface area contributed by atoms with Crippen LogP contribution in [-0.4, -0.2) is 32.6 Å². The van der Waals surface area contributed by atoms with Gasteiger partial charge in [-0.2, -0.15) is 0 Å². The van der Waals surface area contributed by atoms with E-state index in [1.54, 1.807) is 25.3 Å². The van der Waals surface area contributed by atoms with Crippen LogP contribution in [0.4, 0.5) is 0 Å². The van der Waals surface area contributed by atoms with Crippen LogP contribution in [0, 0.1) is 0 Å². The van der Waals surface area contributed by atoms with Gasteiger partial charge in [0.15, 0.2) is 11.5 Å². The summed E-state index contributed by atoms with van der Waals surface area (Å²) >= 11 is 0. The van der Waals surface area contributed by atoms with Crippen molar-refractivity contribution < 1.29 is 23.8 Å². The van der Waals surface area contributed by atoms with Crippen molar-refractivity contribution in [2.45, 2.75) is 13.0 Å². The molecule has 0 bridgehead atoms. The summed E-state index contributed by atoms with van der Waals surface area (Å²) in [6.45, 7) is 0.667. The number of hydrogen-bond acceptors (Lipinski definition) is 5. The first-order chi connectivity index (χ1) is 13.1. The Balaban J connectivity index is 1.92. The third-order valence-electron chi connectivity index (χ3n) is 3.71. The van der Waals surface area contributed by atoms with Gasteiger partial charge in [0.25, 0.3) is 0 Å². The largest absolute Gasteiger partial charge is 0.493 e. The molecule has 0 heterocycles. The lowest BCUT2D eigenvalue weighted by Crippen LogP contribution is -2.24. The minimum absolute atomic E-state index is 0.136. The molecule has 2 aromatic carbocycles. The Morgan fingerprint density at radius 3 is 2.52 bits per heavy atom. The van der Waals surface area contributed by atoms with Crippen molar-refractivity contribution in [3.8, 4) is 11.5 Å². The van der Waals surface area contributed by atoms with E-state index in [0.29, 0.717) is 18.1 Å². The fourth-order valence-electron chi connectivity index (χ4n) is 2.26. The van der Waals surface area contributed by atoms with Crippen molar-refractivity contribution >= 4 is 18.0 Å². The summed E-state index contributed by atoms with van der Waals surface area (Å²) < 4.78 is 15.7. The zero-order valence-electron chi connectivity index (χ0n) is 15.4. The van der Waals surface area contributed by atoms with Gasteiger partial charge in [0.05, 0.1) is 20.6 Å². The molecule has 0 aliphatic carbocycles. The summed E-state index contributed by atoms with van der Waals surface area (Å²) in [6.07, 6.45) is 3.20. The van der Waals surface area contributed by atoms with Crippen LogP contribution in [0.1, 0.15) is 17.5 Å². The van der Waals surface area contributed by atoms with Crippen LogP contribution in [0.3, 0.4) is 0 Å². The van der Waals surface area contributed by atoms with Crippen molar-refractivity contribution in [1.82, 2.24) is 5.32 Å². The molecule has 142 valence electrons. The molecule has 0 aliphatic heterocycles. The first-order valence-electron chi connectivity index (χ1n) is 8.50. The van der Waals surface area contributed by atoms with E-state index >= 15 is 0 Å². The standard InChI is InChI=1S/C21H23NO5/c1-25-19-14-16(9-11-20(23)22-13-12-21(24)26-2)8-10-18(19)27-15-17-6-4-3-5-7-17/h3-11,14H,12-13,15H2,1-2H3,(H,22,23)/b11-9+. The van der Waals surface area contributed by atoms with E-state index in [1.807, 2.05) is 36.4 Å². The van der Waals surface area contributed by atoms with Crippen molar-refractivity contribution in [1.29, 1.82) is 0 Å². The van der Waals surface area contributed by atoms with Gasteiger partial charge >= 0.3 is 5.97 Å². The van der Waals surface area contributed by atoms with Gasteiger partial charge < -0.3 is 19.5 Å². The van der Waals surface area contributed by atoms with Gasteiger partial charge in [0, 0.05) is 12.6 Å². The highest BCUT2D eigenvalue weighted by Crippen LogP contribution is 2.29. The molecule has 27 heavy (non-hydrogen) atoms. The zero-order chi connectivity index (χ0) is 19.5. The highest BCUT2D eigenvalue weighted by Gasteiger charge is 2.06. The molecular weight excluding hydrogens is 346 g/mol. The Labute approximate surface area is 158 Å². The lowest BCUT2D eigenvalue weighted by molar-refractivity contribution is -0.140. The molecule has 2 rings (SSSR count). The number of rotatable bonds is 9. The Bertz CT molecular complexity index is 786. The number of esters is 1. The first kappa shape index (κ1) is 20.0. The molecule has 6 heteroatoms. The predicted molar refractivity (Wildman–Crippen MR) is 102 cm³/mol. The molecule has 1 amide bonds. The summed E-state index contributed by atoms with van der Waals surface area (Å²) in [5.74, 6) is 0.553. The minimum atomic E-state index is -0.366. The van der Waals surface area contributed by atoms with E-state index in [9.17, 15) is 9.59 Å². The number of benzene rings is 2. The van der Waals surface area contributed by atoms with Crippen molar-refractivity contribution in [2.75, 3.05) is 20.8 Å². The van der Waals surface area contributed by atoms with E-state index in [-0.39, 0.29) is 24.8 Å². The van der Waals surface area contributed by atoms with E-state index < -0.39 is 0 Å². The maximum atomic E-state index is 11.8. The average Bonchev–Trinajstić information content (AvgIpc) is 2.71. The number of carbonyl (C=O) groups is 2. The third-order valence-corrected chi connectivity index (χ3v) is 3.71. The fraction of sp³-hybridized carbons (Fsp3) is 0.238. The second-order valence-corrected chi connectivity index (χ2v) is 5.64. The molecule has 2 aromatic rings. The molecule has 0 aliphatic rings. The van der Waals surface area contributed by atoms with Gasteiger partial charge in [-0.15, -0.1) is 0 Å². The second kappa shape index (κ2) is 10.7. The van der Waals surface area contributed by atoms with Crippen LogP contribution in [0.15, 0.2) is 54.6 Å². The van der Waals surface area contributed by atoms with Gasteiger partial charge in [-0.05, 0) is 29.3 Å². The Morgan fingerprint density at radius 2 is 1.81 bits per heavy atom. The summed E-state index contributed by atoms with van der Waals surface area (Å²) in [7, 11) is 2.88. The molecule has 0 saturated carbocycles. The molecule has 0 radical (unpaired) electrons. The predicted octanol–water partition coefficient (Wildman–Crippen LogP) is 2.97. The molecule has 0 saturated heterocycles. The van der Waals surface area contributed by atoms with Crippen LogP contribution in [0.2, 0.25) is 0 Å². The highest BCUT2D eigenvalue weighted by atomic mass is 16.5. The van der Waals surface area contributed by atoms with Gasteiger partial charge in [0.2, 0.25) is 5.91 Å². The number of carbonyl (C=O) groups excluding carboxylic acids is 2. The maximum absolute atomic E-state index is 11.8. The Kier molecular flexibility index (Phi) is 7.91. The van der Waals surface area contributed by atoms with E-state index in [4.69, 9.17) is 9.47 Å². The fourth-order valence-corrected chi connectivity index (χ4v) is 2.26. The maximum Gasteiger partial charge on any atom is 0.307 e. The first-order valence-corrected chi connectivity index (χ1v) is 8.50. The topological polar surface area (TPSA) is 73.9 Å². The molecule has 0 unspecified atom stereocenters. The van der Waals surface area contributed by atoms with Crippen molar-refractivity contribution in [2.24, 2.45) is 0 Å². The number of ether oxygens (including phenoxy) is 3. The number of amides is 1. The number of methoxy groups -OCH3 is 2.